The van der Waals surface area contributed by atoms with Crippen LogP contribution in [0.1, 0.15) is 10.4 Å². The van der Waals surface area contributed by atoms with E-state index in [4.69, 9.17) is 5.73 Å². The zero-order valence-electron chi connectivity index (χ0n) is 10.6. The van der Waals surface area contributed by atoms with Crippen LogP contribution >= 0.6 is 11.3 Å². The fourth-order valence-electron chi connectivity index (χ4n) is 2.19. The molecule has 0 unspecified atom stereocenters. The Morgan fingerprint density at radius 3 is 2.79 bits per heavy atom. The summed E-state index contributed by atoms with van der Waals surface area (Å²) in [6, 6.07) is 11.5. The second-order valence-electron chi connectivity index (χ2n) is 4.57. The number of aromatic nitrogens is 1. The number of hydrogen-bond donors (Lipinski definition) is 1. The molecule has 0 saturated heterocycles. The topological polar surface area (TPSA) is 48.0 Å². The van der Waals surface area contributed by atoms with Crippen LogP contribution in [0.5, 0.6) is 0 Å². The van der Waals surface area contributed by atoms with Crippen LogP contribution in [0.3, 0.4) is 0 Å². The predicted octanol–water partition coefficient (Wildman–Crippen LogP) is 3.00. The van der Waals surface area contributed by atoms with Crippen molar-refractivity contribution in [2.24, 2.45) is 0 Å². The molecule has 0 atom stereocenters. The summed E-state index contributed by atoms with van der Waals surface area (Å²) < 4.78 is 1.64. The highest BCUT2D eigenvalue weighted by Gasteiger charge is 2.09. The lowest BCUT2D eigenvalue weighted by Gasteiger charge is -2.10. The van der Waals surface area contributed by atoms with Crippen LogP contribution in [0.25, 0.3) is 10.8 Å². The van der Waals surface area contributed by atoms with Gasteiger partial charge in [0.1, 0.15) is 5.82 Å². The van der Waals surface area contributed by atoms with E-state index in [1.807, 2.05) is 42.6 Å². The van der Waals surface area contributed by atoms with Gasteiger partial charge in [0.05, 0.1) is 6.54 Å². The van der Waals surface area contributed by atoms with Crippen molar-refractivity contribution in [1.82, 2.24) is 4.57 Å². The highest BCUT2D eigenvalue weighted by Crippen LogP contribution is 2.19. The Bertz CT molecular complexity index is 801. The standard InChI is InChI=1S/C15H14N2OS/c1-10-6-7-19-13(10)9-17-14(16)8-11-4-2-3-5-12(11)15(17)18/h2-8H,9,16H2,1H3. The molecule has 4 heteroatoms. The SMILES string of the molecule is Cc1ccsc1Cn1c(N)cc2ccccc2c1=O. The van der Waals surface area contributed by atoms with Crippen molar-refractivity contribution < 1.29 is 0 Å². The van der Waals surface area contributed by atoms with Crippen molar-refractivity contribution in [3.05, 3.63) is 62.6 Å². The molecule has 2 aromatic heterocycles. The second-order valence-corrected chi connectivity index (χ2v) is 5.58. The van der Waals surface area contributed by atoms with Gasteiger partial charge < -0.3 is 5.73 Å². The summed E-state index contributed by atoms with van der Waals surface area (Å²) in [6.07, 6.45) is 0. The molecule has 3 nitrogen and oxygen atoms in total. The third-order valence-corrected chi connectivity index (χ3v) is 4.33. The summed E-state index contributed by atoms with van der Waals surface area (Å²) in [6.45, 7) is 2.59. The number of aryl methyl sites for hydroxylation is 1. The van der Waals surface area contributed by atoms with E-state index in [-0.39, 0.29) is 5.56 Å². The predicted molar refractivity (Wildman–Crippen MR) is 80.8 cm³/mol. The first-order valence-electron chi connectivity index (χ1n) is 6.08. The third-order valence-electron chi connectivity index (χ3n) is 3.32. The number of rotatable bonds is 2. The Hall–Kier alpha value is -2.07. The van der Waals surface area contributed by atoms with Crippen LogP contribution in [0, 0.1) is 6.92 Å². The van der Waals surface area contributed by atoms with E-state index >= 15 is 0 Å². The monoisotopic (exact) mass is 270 g/mol. The van der Waals surface area contributed by atoms with Crippen molar-refractivity contribution in [2.45, 2.75) is 13.5 Å². The summed E-state index contributed by atoms with van der Waals surface area (Å²) in [5.41, 5.74) is 7.20. The molecule has 0 aliphatic rings. The van der Waals surface area contributed by atoms with Gasteiger partial charge in [-0.05, 0) is 41.5 Å². The number of anilines is 1. The normalized spacial score (nSPS) is 11.0. The van der Waals surface area contributed by atoms with Crippen LogP contribution in [-0.2, 0) is 6.54 Å². The molecule has 2 heterocycles. The molecule has 0 saturated carbocycles. The maximum Gasteiger partial charge on any atom is 0.260 e. The van der Waals surface area contributed by atoms with Gasteiger partial charge in [-0.15, -0.1) is 11.3 Å². The zero-order chi connectivity index (χ0) is 13.4. The van der Waals surface area contributed by atoms with Crippen LogP contribution in [-0.4, -0.2) is 4.57 Å². The van der Waals surface area contributed by atoms with Gasteiger partial charge >= 0.3 is 0 Å². The van der Waals surface area contributed by atoms with Crippen molar-refractivity contribution in [3.8, 4) is 0 Å². The minimum Gasteiger partial charge on any atom is -0.385 e. The van der Waals surface area contributed by atoms with Gasteiger partial charge in [-0.25, -0.2) is 0 Å². The van der Waals surface area contributed by atoms with E-state index in [2.05, 4.69) is 6.07 Å². The third kappa shape index (κ3) is 2.04. The summed E-state index contributed by atoms with van der Waals surface area (Å²) in [4.78, 5) is 13.6. The van der Waals surface area contributed by atoms with Gasteiger partial charge in [0.25, 0.3) is 5.56 Å². The summed E-state index contributed by atoms with van der Waals surface area (Å²) in [7, 11) is 0. The first kappa shape index (κ1) is 12.0. The number of nitrogen functional groups attached to an aromatic ring is 1. The average molecular weight is 270 g/mol. The van der Waals surface area contributed by atoms with E-state index in [0.717, 1.165) is 5.39 Å². The minimum atomic E-state index is -0.0246. The highest BCUT2D eigenvalue weighted by atomic mass is 32.1. The van der Waals surface area contributed by atoms with Crippen LogP contribution in [0.4, 0.5) is 5.82 Å². The lowest BCUT2D eigenvalue weighted by atomic mass is 10.1. The van der Waals surface area contributed by atoms with Gasteiger partial charge in [-0.3, -0.25) is 9.36 Å². The van der Waals surface area contributed by atoms with E-state index in [1.54, 1.807) is 15.9 Å². The number of thiophene rings is 1. The van der Waals surface area contributed by atoms with E-state index < -0.39 is 0 Å². The second kappa shape index (κ2) is 4.55. The average Bonchev–Trinajstić information content (AvgIpc) is 2.80. The Morgan fingerprint density at radius 2 is 2.05 bits per heavy atom. The molecular weight excluding hydrogens is 256 g/mol. The molecule has 0 fully saturated rings. The van der Waals surface area contributed by atoms with Crippen molar-refractivity contribution in [1.29, 1.82) is 0 Å². The minimum absolute atomic E-state index is 0.0246. The van der Waals surface area contributed by atoms with E-state index in [0.29, 0.717) is 17.7 Å². The van der Waals surface area contributed by atoms with Crippen molar-refractivity contribution in [2.75, 3.05) is 5.73 Å². The Balaban J connectivity index is 2.19. The Kier molecular flexibility index (Phi) is 2.87. The molecule has 0 aliphatic carbocycles. The summed E-state index contributed by atoms with van der Waals surface area (Å²) in [5, 5.41) is 3.64. The fraction of sp³-hybridized carbons (Fsp3) is 0.133. The molecule has 3 rings (SSSR count). The quantitative estimate of drug-likeness (QED) is 0.778. The molecule has 0 aliphatic heterocycles. The molecule has 0 radical (unpaired) electrons. The first-order valence-corrected chi connectivity index (χ1v) is 6.96. The smallest absolute Gasteiger partial charge is 0.260 e. The van der Waals surface area contributed by atoms with Crippen LogP contribution in [0.2, 0.25) is 0 Å². The summed E-state index contributed by atoms with van der Waals surface area (Å²) in [5.74, 6) is 0.511. The maximum absolute atomic E-state index is 12.5. The molecule has 3 aromatic rings. The molecule has 2 N–H and O–H groups in total. The van der Waals surface area contributed by atoms with Gasteiger partial charge in [-0.1, -0.05) is 18.2 Å². The lowest BCUT2D eigenvalue weighted by Crippen LogP contribution is -2.23. The molecule has 0 amide bonds. The number of fused-ring (bicyclic) bond motifs is 1. The van der Waals surface area contributed by atoms with Crippen LogP contribution < -0.4 is 11.3 Å². The fourth-order valence-corrected chi connectivity index (χ4v) is 3.08. The summed E-state index contributed by atoms with van der Waals surface area (Å²) >= 11 is 1.65. The van der Waals surface area contributed by atoms with Gasteiger partial charge in [-0.2, -0.15) is 0 Å². The number of benzene rings is 1. The van der Waals surface area contributed by atoms with Crippen LogP contribution in [0.15, 0.2) is 46.6 Å². The van der Waals surface area contributed by atoms with Gasteiger partial charge in [0, 0.05) is 10.3 Å². The molecule has 1 aromatic carbocycles. The molecular formula is C15H14N2OS. The number of pyridine rings is 1. The number of nitrogens with zero attached hydrogens (tertiary/aromatic N) is 1. The molecule has 0 spiro atoms. The van der Waals surface area contributed by atoms with Gasteiger partial charge in [0.2, 0.25) is 0 Å². The van der Waals surface area contributed by atoms with E-state index in [9.17, 15) is 4.79 Å². The first-order chi connectivity index (χ1) is 9.16. The molecule has 19 heavy (non-hydrogen) atoms. The lowest BCUT2D eigenvalue weighted by molar-refractivity contribution is 0.788. The number of nitrogens with two attached hydrogens (primary N) is 1. The molecule has 96 valence electrons. The number of hydrogen-bond acceptors (Lipinski definition) is 3. The van der Waals surface area contributed by atoms with Gasteiger partial charge in [0.15, 0.2) is 0 Å². The Labute approximate surface area is 114 Å². The maximum atomic E-state index is 12.5. The molecule has 0 bridgehead atoms. The Morgan fingerprint density at radius 1 is 1.26 bits per heavy atom. The van der Waals surface area contributed by atoms with E-state index in [1.165, 1.54) is 10.4 Å². The van der Waals surface area contributed by atoms with Crippen molar-refractivity contribution >= 4 is 27.9 Å². The highest BCUT2D eigenvalue weighted by molar-refractivity contribution is 7.10. The largest absolute Gasteiger partial charge is 0.385 e. The van der Waals surface area contributed by atoms with Crippen molar-refractivity contribution in [3.63, 3.8) is 0 Å². The zero-order valence-corrected chi connectivity index (χ0v) is 11.4.